The van der Waals surface area contributed by atoms with Gasteiger partial charge in [0, 0.05) is 5.41 Å². The Morgan fingerprint density at radius 1 is 0.852 bits per heavy atom. The van der Waals surface area contributed by atoms with Crippen LogP contribution in [0, 0.1) is 16.7 Å². The highest BCUT2D eigenvalue weighted by Crippen LogP contribution is 2.49. The first kappa shape index (κ1) is 22.9. The summed E-state index contributed by atoms with van der Waals surface area (Å²) in [6.07, 6.45) is 12.1. The van der Waals surface area contributed by atoms with Gasteiger partial charge in [0.2, 0.25) is 0 Å². The van der Waals surface area contributed by atoms with Crippen LogP contribution in [0.25, 0.3) is 0 Å². The Labute approximate surface area is 170 Å². The molecule has 27 heavy (non-hydrogen) atoms. The molecule has 2 atom stereocenters. The normalized spacial score (nSPS) is 35.3. The van der Waals surface area contributed by atoms with Gasteiger partial charge in [-0.15, -0.1) is 0 Å². The van der Waals surface area contributed by atoms with Crippen LogP contribution in [0.15, 0.2) is 11.1 Å². The third kappa shape index (κ3) is 4.47. The van der Waals surface area contributed by atoms with Gasteiger partial charge in [-0.1, -0.05) is 59.5 Å². The van der Waals surface area contributed by atoms with E-state index < -0.39 is 0 Å². The van der Waals surface area contributed by atoms with Gasteiger partial charge in [-0.2, -0.15) is 5.84 Å². The fourth-order valence-corrected chi connectivity index (χ4v) is 6.04. The zero-order valence-electron chi connectivity index (χ0n) is 19.9. The third-order valence-electron chi connectivity index (χ3n) is 8.77. The van der Waals surface area contributed by atoms with Crippen LogP contribution in [-0.2, 0) is 0 Å². The van der Waals surface area contributed by atoms with E-state index in [1.165, 1.54) is 57.8 Å². The summed E-state index contributed by atoms with van der Waals surface area (Å²) < 4.78 is 0.697. The fourth-order valence-electron chi connectivity index (χ4n) is 6.04. The first-order valence-electron chi connectivity index (χ1n) is 11.8. The minimum atomic E-state index is 0.0606. The molecular weight excluding hydrogens is 328 g/mol. The topological polar surface area (TPSA) is 26.0 Å². The van der Waals surface area contributed by atoms with E-state index in [2.05, 4.69) is 55.4 Å². The van der Waals surface area contributed by atoms with Gasteiger partial charge in [0.25, 0.3) is 0 Å². The van der Waals surface area contributed by atoms with Gasteiger partial charge in [0.1, 0.15) is 12.1 Å². The molecule has 2 unspecified atom stereocenters. The molecule has 2 nitrogen and oxygen atoms in total. The van der Waals surface area contributed by atoms with E-state index in [4.69, 9.17) is 5.84 Å². The zero-order valence-corrected chi connectivity index (χ0v) is 19.9. The minimum Gasteiger partial charge on any atom is -0.240 e. The molecule has 0 saturated carbocycles. The predicted molar refractivity (Wildman–Crippen MR) is 119 cm³/mol. The van der Waals surface area contributed by atoms with Crippen molar-refractivity contribution in [1.29, 1.82) is 0 Å². The van der Waals surface area contributed by atoms with Crippen LogP contribution < -0.4 is 5.84 Å². The van der Waals surface area contributed by atoms with Gasteiger partial charge in [0.05, 0.1) is 6.54 Å². The van der Waals surface area contributed by atoms with Crippen molar-refractivity contribution in [2.24, 2.45) is 22.6 Å². The molecule has 2 heteroatoms. The van der Waals surface area contributed by atoms with Crippen molar-refractivity contribution in [3.05, 3.63) is 11.1 Å². The molecular formula is C25H49N2+. The van der Waals surface area contributed by atoms with Gasteiger partial charge in [0.15, 0.2) is 0 Å². The summed E-state index contributed by atoms with van der Waals surface area (Å²) in [5.41, 5.74) is 4.27. The molecule has 158 valence electrons. The summed E-state index contributed by atoms with van der Waals surface area (Å²) in [4.78, 5) is 0. The quantitative estimate of drug-likeness (QED) is 0.313. The molecule has 0 amide bonds. The number of hydrogen-bond acceptors (Lipinski definition) is 1. The zero-order chi connectivity index (χ0) is 20.5. The van der Waals surface area contributed by atoms with Gasteiger partial charge in [-0.3, -0.25) is 0 Å². The molecule has 1 aliphatic heterocycles. The largest absolute Gasteiger partial charge is 0.240 e. The molecule has 0 saturated heterocycles. The summed E-state index contributed by atoms with van der Waals surface area (Å²) >= 11 is 0. The molecule has 0 aromatic heterocycles. The molecule has 2 N–H and O–H groups in total. The van der Waals surface area contributed by atoms with Crippen molar-refractivity contribution >= 4 is 0 Å². The Morgan fingerprint density at radius 2 is 1.37 bits per heavy atom. The first-order chi connectivity index (χ1) is 12.4. The average Bonchev–Trinajstić information content (AvgIpc) is 2.55. The van der Waals surface area contributed by atoms with Gasteiger partial charge in [-0.05, 0) is 76.2 Å². The Morgan fingerprint density at radius 3 is 1.93 bits per heavy atom. The Balaban J connectivity index is 2.35. The highest BCUT2D eigenvalue weighted by Gasteiger charge is 2.53. The lowest BCUT2D eigenvalue weighted by molar-refractivity contribution is -0.983. The summed E-state index contributed by atoms with van der Waals surface area (Å²) in [6, 6.07) is 0. The molecule has 1 heterocycles. The van der Waals surface area contributed by atoms with Crippen molar-refractivity contribution in [2.45, 2.75) is 119 Å². The lowest BCUT2D eigenvalue weighted by atomic mass is 9.66. The molecule has 2 rings (SSSR count). The summed E-state index contributed by atoms with van der Waals surface area (Å²) in [5.74, 6) is 7.81. The molecule has 1 aliphatic carbocycles. The number of nitrogens with two attached hydrogens (primary N) is 1. The monoisotopic (exact) mass is 377 g/mol. The van der Waals surface area contributed by atoms with Crippen LogP contribution in [0.3, 0.4) is 0 Å². The predicted octanol–water partition coefficient (Wildman–Crippen LogP) is 7.00. The second-order valence-electron chi connectivity index (χ2n) is 11.5. The van der Waals surface area contributed by atoms with Crippen molar-refractivity contribution in [2.75, 3.05) is 13.1 Å². The van der Waals surface area contributed by atoms with Crippen molar-refractivity contribution in [3.8, 4) is 0 Å². The number of likely N-dealkylation sites (N-methyl/N-ethyl adjacent to an activating group) is 1. The summed E-state index contributed by atoms with van der Waals surface area (Å²) in [5, 5.41) is 0. The second-order valence-corrected chi connectivity index (χ2v) is 11.5. The summed E-state index contributed by atoms with van der Waals surface area (Å²) in [7, 11) is 0. The number of hydrogen-bond donors (Lipinski definition) is 1. The number of quaternary nitrogens is 1. The smallest absolute Gasteiger partial charge is 0.133 e. The minimum absolute atomic E-state index is 0.0606. The molecule has 0 fully saturated rings. The lowest BCUT2D eigenvalue weighted by Gasteiger charge is -2.55. The third-order valence-corrected chi connectivity index (χ3v) is 8.77. The van der Waals surface area contributed by atoms with Gasteiger partial charge in [-0.25, -0.2) is 4.59 Å². The molecule has 0 aromatic rings. The van der Waals surface area contributed by atoms with Crippen LogP contribution >= 0.6 is 0 Å². The first-order valence-corrected chi connectivity index (χ1v) is 11.8. The van der Waals surface area contributed by atoms with Crippen LogP contribution in [0.1, 0.15) is 113 Å². The highest BCUT2D eigenvalue weighted by molar-refractivity contribution is 5.30. The van der Waals surface area contributed by atoms with Crippen LogP contribution in [0.2, 0.25) is 0 Å². The molecule has 0 radical (unpaired) electrons. The molecule has 0 bridgehead atoms. The average molecular weight is 378 g/mol. The SMILES string of the molecule is CC[N+]1(N)CC(C)(C)C2=C(CCCCC(C)(C(C)C)CCCCC2)C1(C)C. The second kappa shape index (κ2) is 8.19. The van der Waals surface area contributed by atoms with Crippen LogP contribution in [0.4, 0.5) is 0 Å². The van der Waals surface area contributed by atoms with Crippen molar-refractivity contribution in [3.63, 3.8) is 0 Å². The Bertz CT molecular complexity index is 543. The van der Waals surface area contributed by atoms with Crippen molar-refractivity contribution < 1.29 is 4.59 Å². The lowest BCUT2D eigenvalue weighted by Crippen LogP contribution is -2.72. The highest BCUT2D eigenvalue weighted by atomic mass is 15.6. The molecule has 0 aromatic carbocycles. The van der Waals surface area contributed by atoms with E-state index in [0.717, 1.165) is 19.0 Å². The number of rotatable bonds is 2. The van der Waals surface area contributed by atoms with E-state index in [1.54, 1.807) is 11.1 Å². The van der Waals surface area contributed by atoms with Gasteiger partial charge >= 0.3 is 0 Å². The van der Waals surface area contributed by atoms with Crippen LogP contribution in [0.5, 0.6) is 0 Å². The number of nitrogens with zero attached hydrogens (tertiary/aromatic N) is 1. The Kier molecular flexibility index (Phi) is 6.96. The van der Waals surface area contributed by atoms with Gasteiger partial charge < -0.3 is 0 Å². The maximum absolute atomic E-state index is 7.02. The maximum Gasteiger partial charge on any atom is 0.133 e. The van der Waals surface area contributed by atoms with E-state index in [9.17, 15) is 0 Å². The molecule has 2 aliphatic rings. The summed E-state index contributed by atoms with van der Waals surface area (Å²) in [6.45, 7) is 21.5. The maximum atomic E-state index is 7.02. The van der Waals surface area contributed by atoms with E-state index in [1.807, 2.05) is 0 Å². The standard InChI is InChI=1S/C25H49N2/c1-9-27(26)19-23(4,5)21-15-11-10-13-17-25(8,20(2)3)18-14-12-16-22(21)24(27,6)7/h20H,9-19,26H2,1-8H3/q+1. The Hall–Kier alpha value is -0.340. The van der Waals surface area contributed by atoms with E-state index in [0.29, 0.717) is 10.0 Å². The van der Waals surface area contributed by atoms with E-state index >= 15 is 0 Å². The van der Waals surface area contributed by atoms with Crippen LogP contribution in [-0.4, -0.2) is 23.2 Å². The molecule has 0 spiro atoms. The van der Waals surface area contributed by atoms with E-state index in [-0.39, 0.29) is 11.0 Å². The van der Waals surface area contributed by atoms with Crippen molar-refractivity contribution in [1.82, 2.24) is 0 Å². The fraction of sp³-hybridized carbons (Fsp3) is 0.920.